The van der Waals surface area contributed by atoms with Gasteiger partial charge in [-0.25, -0.2) is 12.8 Å². The van der Waals surface area contributed by atoms with Gasteiger partial charge >= 0.3 is 0 Å². The molecule has 0 fully saturated rings. The molecule has 4 nitrogen and oxygen atoms in total. The minimum atomic E-state index is -3.09. The molecule has 0 aliphatic carbocycles. The molecule has 1 aromatic carbocycles. The highest BCUT2D eigenvalue weighted by atomic mass is 32.2. The largest absolute Gasteiger partial charge is 0.489 e. The lowest BCUT2D eigenvalue weighted by Gasteiger charge is -2.10. The molecule has 0 aliphatic rings. The number of rotatable bonds is 6. The molecule has 0 aliphatic heterocycles. The van der Waals surface area contributed by atoms with Crippen LogP contribution in [0.1, 0.15) is 25.5 Å². The third-order valence-corrected chi connectivity index (χ3v) is 4.24. The fourth-order valence-electron chi connectivity index (χ4n) is 1.34. The van der Waals surface area contributed by atoms with Gasteiger partial charge in [0.25, 0.3) is 0 Å². The molecule has 2 N–H and O–H groups in total. The molecule has 0 saturated carbocycles. The van der Waals surface area contributed by atoms with Gasteiger partial charge in [0.05, 0.1) is 5.75 Å². The van der Waals surface area contributed by atoms with Gasteiger partial charge in [0.2, 0.25) is 0 Å². The number of benzene rings is 1. The van der Waals surface area contributed by atoms with E-state index in [1.807, 2.05) is 0 Å². The summed E-state index contributed by atoms with van der Waals surface area (Å²) in [6, 6.07) is 4.17. The Hall–Kier alpha value is -1.14. The van der Waals surface area contributed by atoms with Gasteiger partial charge in [-0.2, -0.15) is 0 Å². The van der Waals surface area contributed by atoms with E-state index < -0.39 is 15.7 Å². The van der Waals surface area contributed by atoms with Crippen molar-refractivity contribution in [2.45, 2.75) is 19.9 Å². The average Bonchev–Trinajstić information content (AvgIpc) is 2.31. The number of sulfone groups is 1. The second-order valence-corrected chi connectivity index (χ2v) is 6.54. The van der Waals surface area contributed by atoms with Gasteiger partial charge in [-0.05, 0) is 24.6 Å². The minimum Gasteiger partial charge on any atom is -0.489 e. The predicted octanol–water partition coefficient (Wildman–Crippen LogP) is 1.66. The second kappa shape index (κ2) is 6.15. The molecule has 0 radical (unpaired) electrons. The van der Waals surface area contributed by atoms with Crippen molar-refractivity contribution in [3.63, 3.8) is 0 Å². The van der Waals surface area contributed by atoms with E-state index in [0.29, 0.717) is 5.56 Å². The first kappa shape index (κ1) is 14.9. The Kier molecular flexibility index (Phi) is 5.10. The number of nitrogens with two attached hydrogens (primary N) is 1. The molecule has 6 heteroatoms. The third-order valence-electron chi connectivity index (χ3n) is 2.57. The maximum Gasteiger partial charge on any atom is 0.165 e. The van der Waals surface area contributed by atoms with Gasteiger partial charge in [0.15, 0.2) is 21.4 Å². The molecule has 1 aromatic rings. The van der Waals surface area contributed by atoms with Crippen LogP contribution in [-0.4, -0.2) is 26.5 Å². The summed E-state index contributed by atoms with van der Waals surface area (Å²) in [7, 11) is -3.09. The van der Waals surface area contributed by atoms with Crippen LogP contribution >= 0.6 is 0 Å². The van der Waals surface area contributed by atoms with Crippen LogP contribution < -0.4 is 10.5 Å². The number of hydrogen-bond donors (Lipinski definition) is 1. The smallest absolute Gasteiger partial charge is 0.165 e. The molecule has 0 heterocycles. The van der Waals surface area contributed by atoms with E-state index in [0.717, 1.165) is 0 Å². The van der Waals surface area contributed by atoms with Crippen LogP contribution in [0.25, 0.3) is 0 Å². The number of hydrogen-bond acceptors (Lipinski definition) is 4. The summed E-state index contributed by atoms with van der Waals surface area (Å²) >= 11 is 0. The third kappa shape index (κ3) is 4.27. The molecule has 0 unspecified atom stereocenters. The lowest BCUT2D eigenvalue weighted by Crippen LogP contribution is -2.16. The topological polar surface area (TPSA) is 69.4 Å². The summed E-state index contributed by atoms with van der Waals surface area (Å²) in [5, 5.41) is 0. The quantitative estimate of drug-likeness (QED) is 0.857. The highest BCUT2D eigenvalue weighted by Crippen LogP contribution is 2.21. The predicted molar refractivity (Wildman–Crippen MR) is 68.8 cm³/mol. The fourth-order valence-corrected chi connectivity index (χ4v) is 1.97. The van der Waals surface area contributed by atoms with Gasteiger partial charge in [0, 0.05) is 11.8 Å². The number of halogens is 1. The molecule has 18 heavy (non-hydrogen) atoms. The van der Waals surface area contributed by atoms with E-state index in [1.165, 1.54) is 12.1 Å². The monoisotopic (exact) mass is 275 g/mol. The van der Waals surface area contributed by atoms with E-state index in [-0.39, 0.29) is 29.9 Å². The first-order valence-corrected chi connectivity index (χ1v) is 7.56. The van der Waals surface area contributed by atoms with Crippen LogP contribution in [0.4, 0.5) is 4.39 Å². The normalized spacial score (nSPS) is 13.3. The molecular formula is C12H18FNO3S. The zero-order chi connectivity index (χ0) is 13.8. The summed E-state index contributed by atoms with van der Waals surface area (Å²) in [5.41, 5.74) is 6.29. The van der Waals surface area contributed by atoms with Gasteiger partial charge < -0.3 is 10.5 Å². The minimum absolute atomic E-state index is 0.0469. The summed E-state index contributed by atoms with van der Waals surface area (Å²) in [5.74, 6) is -0.537. The first-order valence-electron chi connectivity index (χ1n) is 5.74. The first-order chi connectivity index (χ1) is 8.35. The van der Waals surface area contributed by atoms with Crippen LogP contribution in [-0.2, 0) is 9.84 Å². The van der Waals surface area contributed by atoms with Crippen LogP contribution in [0.3, 0.4) is 0 Å². The zero-order valence-electron chi connectivity index (χ0n) is 10.5. The molecule has 0 spiro atoms. The Morgan fingerprint density at radius 2 is 2.11 bits per heavy atom. The van der Waals surface area contributed by atoms with Gasteiger partial charge in [-0.1, -0.05) is 13.0 Å². The van der Waals surface area contributed by atoms with Gasteiger partial charge in [0.1, 0.15) is 6.61 Å². The SMILES string of the molecule is CCS(=O)(=O)CCOc1ccc([C@@H](C)N)cc1F. The van der Waals surface area contributed by atoms with Crippen LogP contribution in [0.2, 0.25) is 0 Å². The second-order valence-electron chi connectivity index (χ2n) is 4.06. The van der Waals surface area contributed by atoms with Crippen molar-refractivity contribution in [2.75, 3.05) is 18.1 Å². The number of ether oxygens (including phenoxy) is 1. The van der Waals surface area contributed by atoms with E-state index in [2.05, 4.69) is 0 Å². The van der Waals surface area contributed by atoms with Crippen molar-refractivity contribution < 1.29 is 17.5 Å². The van der Waals surface area contributed by atoms with E-state index in [4.69, 9.17) is 10.5 Å². The molecule has 0 aromatic heterocycles. The lowest BCUT2D eigenvalue weighted by atomic mass is 10.1. The van der Waals surface area contributed by atoms with Gasteiger partial charge in [-0.15, -0.1) is 0 Å². The standard InChI is InChI=1S/C12H18FNO3S/c1-3-18(15,16)7-6-17-12-5-4-10(9(2)14)8-11(12)13/h4-5,8-9H,3,6-7,14H2,1-2H3/t9-/m1/s1. The zero-order valence-corrected chi connectivity index (χ0v) is 11.3. The fraction of sp³-hybridized carbons (Fsp3) is 0.500. The van der Waals surface area contributed by atoms with Crippen molar-refractivity contribution >= 4 is 9.84 Å². The van der Waals surface area contributed by atoms with Gasteiger partial charge in [-0.3, -0.25) is 0 Å². The van der Waals surface area contributed by atoms with Crippen molar-refractivity contribution in [3.8, 4) is 5.75 Å². The highest BCUT2D eigenvalue weighted by molar-refractivity contribution is 7.91. The summed E-state index contributed by atoms with van der Waals surface area (Å²) in [6.45, 7) is 3.26. The Bertz CT molecular complexity index is 500. The van der Waals surface area contributed by atoms with Crippen LogP contribution in [0, 0.1) is 5.82 Å². The Morgan fingerprint density at radius 1 is 1.44 bits per heavy atom. The van der Waals surface area contributed by atoms with E-state index in [9.17, 15) is 12.8 Å². The molecule has 0 bridgehead atoms. The molecular weight excluding hydrogens is 257 g/mol. The summed E-state index contributed by atoms with van der Waals surface area (Å²) in [4.78, 5) is 0. The van der Waals surface area contributed by atoms with Crippen LogP contribution in [0.5, 0.6) is 5.75 Å². The van der Waals surface area contributed by atoms with Crippen LogP contribution in [0.15, 0.2) is 18.2 Å². The van der Waals surface area contributed by atoms with E-state index in [1.54, 1.807) is 19.9 Å². The Labute approximate surface area is 107 Å². The highest BCUT2D eigenvalue weighted by Gasteiger charge is 2.10. The van der Waals surface area contributed by atoms with Crippen molar-refractivity contribution in [2.24, 2.45) is 5.73 Å². The maximum atomic E-state index is 13.6. The Morgan fingerprint density at radius 3 is 2.61 bits per heavy atom. The average molecular weight is 275 g/mol. The molecule has 0 saturated heterocycles. The Balaban J connectivity index is 2.64. The summed E-state index contributed by atoms with van der Waals surface area (Å²) < 4.78 is 41.2. The molecule has 0 amide bonds. The lowest BCUT2D eigenvalue weighted by molar-refractivity contribution is 0.322. The summed E-state index contributed by atoms with van der Waals surface area (Å²) in [6.07, 6.45) is 0. The van der Waals surface area contributed by atoms with Crippen molar-refractivity contribution in [1.29, 1.82) is 0 Å². The molecule has 1 atom stereocenters. The van der Waals surface area contributed by atoms with E-state index >= 15 is 0 Å². The van der Waals surface area contributed by atoms with Crippen molar-refractivity contribution in [3.05, 3.63) is 29.6 Å². The molecule has 102 valence electrons. The van der Waals surface area contributed by atoms with Crippen molar-refractivity contribution in [1.82, 2.24) is 0 Å². The maximum absolute atomic E-state index is 13.6. The molecule has 1 rings (SSSR count).